The summed E-state index contributed by atoms with van der Waals surface area (Å²) in [5, 5.41) is 0. The second-order valence-electron chi connectivity index (χ2n) is 8.27. The maximum atomic E-state index is 12.2. The number of rotatable bonds is 8. The lowest BCUT2D eigenvalue weighted by atomic mass is 9.97. The monoisotopic (exact) mass is 386 g/mol. The van der Waals surface area contributed by atoms with Crippen LogP contribution in [0, 0.1) is 0 Å². The average molecular weight is 387 g/mol. The molecule has 0 radical (unpaired) electrons. The number of hydrogen-bond donors (Lipinski definition) is 0. The fourth-order valence-electron chi connectivity index (χ4n) is 4.37. The van der Waals surface area contributed by atoms with Crippen LogP contribution >= 0.6 is 0 Å². The van der Waals surface area contributed by atoms with Gasteiger partial charge in [0, 0.05) is 12.8 Å². The molecule has 0 aromatic heterocycles. The summed E-state index contributed by atoms with van der Waals surface area (Å²) in [6.07, 6.45) is 13.6. The van der Waals surface area contributed by atoms with Crippen molar-refractivity contribution in [1.82, 2.24) is 0 Å². The van der Waals surface area contributed by atoms with Crippen molar-refractivity contribution in [3.63, 3.8) is 0 Å². The van der Waals surface area contributed by atoms with E-state index in [4.69, 9.17) is 9.47 Å². The molecule has 0 unspecified atom stereocenters. The third kappa shape index (κ3) is 6.96. The van der Waals surface area contributed by atoms with E-state index in [-0.39, 0.29) is 24.1 Å². The summed E-state index contributed by atoms with van der Waals surface area (Å²) in [6, 6.07) is 8.09. The van der Waals surface area contributed by atoms with E-state index in [1.54, 1.807) is 0 Å². The first-order valence-corrected chi connectivity index (χ1v) is 11.2. The van der Waals surface area contributed by atoms with E-state index in [1.165, 1.54) is 12.8 Å². The van der Waals surface area contributed by atoms with Crippen molar-refractivity contribution in [3.05, 3.63) is 35.4 Å². The molecule has 0 spiro atoms. The molecule has 4 heteroatoms. The quantitative estimate of drug-likeness (QED) is 0.569. The van der Waals surface area contributed by atoms with E-state index in [2.05, 4.69) is 12.1 Å². The van der Waals surface area contributed by atoms with E-state index in [1.807, 2.05) is 12.1 Å². The zero-order valence-electron chi connectivity index (χ0n) is 17.0. The predicted octanol–water partition coefficient (Wildman–Crippen LogP) is 5.30. The Labute approximate surface area is 169 Å². The average Bonchev–Trinajstić information content (AvgIpc) is 2.73. The van der Waals surface area contributed by atoms with Crippen LogP contribution in [0.15, 0.2) is 24.3 Å². The minimum absolute atomic E-state index is 0.0987. The highest BCUT2D eigenvalue weighted by Crippen LogP contribution is 2.22. The SMILES string of the molecule is O=C(CCc1ccccc1CCC(=O)OC1CCCCC1)OC1CCCCC1. The first kappa shape index (κ1) is 20.9. The Morgan fingerprint density at radius 1 is 0.679 bits per heavy atom. The predicted molar refractivity (Wildman–Crippen MR) is 109 cm³/mol. The van der Waals surface area contributed by atoms with Crippen molar-refractivity contribution < 1.29 is 19.1 Å². The van der Waals surface area contributed by atoms with Gasteiger partial charge in [0.05, 0.1) is 0 Å². The highest BCUT2D eigenvalue weighted by Gasteiger charge is 2.19. The molecule has 1 aromatic rings. The Morgan fingerprint density at radius 3 is 1.46 bits per heavy atom. The van der Waals surface area contributed by atoms with Gasteiger partial charge in [-0.15, -0.1) is 0 Å². The van der Waals surface area contributed by atoms with E-state index >= 15 is 0 Å². The van der Waals surface area contributed by atoms with Gasteiger partial charge in [0.1, 0.15) is 12.2 Å². The van der Waals surface area contributed by atoms with Crippen LogP contribution in [0.5, 0.6) is 0 Å². The fraction of sp³-hybridized carbons (Fsp3) is 0.667. The van der Waals surface area contributed by atoms with Gasteiger partial charge in [-0.05, 0) is 75.3 Å². The highest BCUT2D eigenvalue weighted by atomic mass is 16.5. The number of benzene rings is 1. The molecule has 4 nitrogen and oxygen atoms in total. The van der Waals surface area contributed by atoms with Crippen molar-refractivity contribution in [1.29, 1.82) is 0 Å². The van der Waals surface area contributed by atoms with E-state index < -0.39 is 0 Å². The van der Waals surface area contributed by atoms with Crippen LogP contribution in [0.25, 0.3) is 0 Å². The maximum Gasteiger partial charge on any atom is 0.306 e. The second kappa shape index (κ2) is 11.2. The van der Waals surface area contributed by atoms with Gasteiger partial charge < -0.3 is 9.47 Å². The summed E-state index contributed by atoms with van der Waals surface area (Å²) in [6.45, 7) is 0. The molecule has 1 aromatic carbocycles. The summed E-state index contributed by atoms with van der Waals surface area (Å²) < 4.78 is 11.2. The Balaban J connectivity index is 1.43. The zero-order valence-corrected chi connectivity index (χ0v) is 17.0. The van der Waals surface area contributed by atoms with Crippen molar-refractivity contribution >= 4 is 11.9 Å². The van der Waals surface area contributed by atoms with Crippen molar-refractivity contribution in [2.24, 2.45) is 0 Å². The van der Waals surface area contributed by atoms with Gasteiger partial charge in [0.25, 0.3) is 0 Å². The van der Waals surface area contributed by atoms with Crippen LogP contribution in [-0.2, 0) is 31.9 Å². The molecule has 0 aliphatic heterocycles. The molecule has 154 valence electrons. The normalized spacial score (nSPS) is 18.6. The molecule has 0 heterocycles. The second-order valence-corrected chi connectivity index (χ2v) is 8.27. The molecular weight excluding hydrogens is 352 g/mol. The lowest BCUT2D eigenvalue weighted by Crippen LogP contribution is -2.21. The van der Waals surface area contributed by atoms with Crippen LogP contribution in [0.4, 0.5) is 0 Å². The molecule has 0 amide bonds. The number of carbonyl (C=O) groups is 2. The number of ether oxygens (including phenoxy) is 2. The molecule has 2 saturated carbocycles. The molecule has 0 atom stereocenters. The van der Waals surface area contributed by atoms with Crippen molar-refractivity contribution in [2.45, 2.75) is 102 Å². The van der Waals surface area contributed by atoms with Crippen LogP contribution in [0.1, 0.15) is 88.2 Å². The molecule has 0 bridgehead atoms. The van der Waals surface area contributed by atoms with Crippen LogP contribution < -0.4 is 0 Å². The van der Waals surface area contributed by atoms with Crippen molar-refractivity contribution in [3.8, 4) is 0 Å². The standard InChI is InChI=1S/C24H34O4/c25-23(27-21-11-3-1-4-12-21)17-15-19-9-7-8-10-20(19)16-18-24(26)28-22-13-5-2-6-14-22/h7-10,21-22H,1-6,11-18H2. The third-order valence-electron chi connectivity index (χ3n) is 6.02. The van der Waals surface area contributed by atoms with Gasteiger partial charge >= 0.3 is 11.9 Å². The largest absolute Gasteiger partial charge is 0.462 e. The van der Waals surface area contributed by atoms with Crippen molar-refractivity contribution in [2.75, 3.05) is 0 Å². The Kier molecular flexibility index (Phi) is 8.38. The summed E-state index contributed by atoms with van der Waals surface area (Å²) >= 11 is 0. The number of aryl methyl sites for hydroxylation is 2. The van der Waals surface area contributed by atoms with Crippen LogP contribution in [0.2, 0.25) is 0 Å². The summed E-state index contributed by atoms with van der Waals surface area (Å²) in [7, 11) is 0. The maximum absolute atomic E-state index is 12.2. The number of hydrogen-bond acceptors (Lipinski definition) is 4. The third-order valence-corrected chi connectivity index (χ3v) is 6.02. The summed E-state index contributed by atoms with van der Waals surface area (Å²) in [5.41, 5.74) is 2.27. The van der Waals surface area contributed by atoms with Gasteiger partial charge in [-0.1, -0.05) is 37.1 Å². The zero-order chi connectivity index (χ0) is 19.6. The van der Waals surface area contributed by atoms with Gasteiger partial charge in [-0.3, -0.25) is 9.59 Å². The summed E-state index contributed by atoms with van der Waals surface area (Å²) in [5.74, 6) is -0.197. The topological polar surface area (TPSA) is 52.6 Å². The minimum atomic E-state index is -0.0987. The first-order valence-electron chi connectivity index (χ1n) is 11.2. The molecule has 3 rings (SSSR count). The molecule has 2 fully saturated rings. The molecule has 2 aliphatic rings. The van der Waals surface area contributed by atoms with E-state index in [0.717, 1.165) is 62.5 Å². The van der Waals surface area contributed by atoms with Gasteiger partial charge in [-0.2, -0.15) is 0 Å². The Hall–Kier alpha value is -1.84. The van der Waals surface area contributed by atoms with E-state index in [0.29, 0.717) is 25.7 Å². The molecule has 0 N–H and O–H groups in total. The lowest BCUT2D eigenvalue weighted by Gasteiger charge is -2.22. The summed E-state index contributed by atoms with van der Waals surface area (Å²) in [4.78, 5) is 24.4. The van der Waals surface area contributed by atoms with Gasteiger partial charge in [-0.25, -0.2) is 0 Å². The lowest BCUT2D eigenvalue weighted by molar-refractivity contribution is -0.151. The highest BCUT2D eigenvalue weighted by molar-refractivity contribution is 5.71. The van der Waals surface area contributed by atoms with Crippen LogP contribution in [0.3, 0.4) is 0 Å². The van der Waals surface area contributed by atoms with E-state index in [9.17, 15) is 9.59 Å². The first-order chi connectivity index (χ1) is 13.7. The van der Waals surface area contributed by atoms with Gasteiger partial charge in [0.2, 0.25) is 0 Å². The molecule has 28 heavy (non-hydrogen) atoms. The number of carbonyl (C=O) groups excluding carboxylic acids is 2. The Morgan fingerprint density at radius 2 is 1.07 bits per heavy atom. The molecular formula is C24H34O4. The van der Waals surface area contributed by atoms with Gasteiger partial charge in [0.15, 0.2) is 0 Å². The Bertz CT molecular complexity index is 572. The minimum Gasteiger partial charge on any atom is -0.462 e. The smallest absolute Gasteiger partial charge is 0.306 e. The molecule has 0 saturated heterocycles. The fourth-order valence-corrected chi connectivity index (χ4v) is 4.37. The van der Waals surface area contributed by atoms with Crippen LogP contribution in [-0.4, -0.2) is 24.1 Å². The number of esters is 2. The molecule has 2 aliphatic carbocycles.